The number of hydrogen-bond donors (Lipinski definition) is 0. The van der Waals surface area contributed by atoms with E-state index < -0.39 is 0 Å². The normalized spacial score (nSPS) is 13.5. The van der Waals surface area contributed by atoms with Gasteiger partial charge in [-0.3, -0.25) is 0 Å². The van der Waals surface area contributed by atoms with Gasteiger partial charge in [0.1, 0.15) is 9.86 Å². The van der Waals surface area contributed by atoms with Crippen molar-refractivity contribution >= 4 is 45.1 Å². The minimum atomic E-state index is 0.899. The van der Waals surface area contributed by atoms with Crippen molar-refractivity contribution in [3.05, 3.63) is 82.2 Å². The fraction of sp³-hybridized carbons (Fsp3) is 0.250. The second-order valence-corrected chi connectivity index (χ2v) is 10.2. The maximum absolute atomic E-state index is 5.03. The molecule has 1 aliphatic rings. The molecule has 0 spiro atoms. The number of thiophene rings is 1. The Morgan fingerprint density at radius 3 is 2.14 bits per heavy atom. The van der Waals surface area contributed by atoms with Gasteiger partial charge in [0.05, 0.1) is 0 Å². The molecule has 0 amide bonds. The van der Waals surface area contributed by atoms with Gasteiger partial charge in [0.2, 0.25) is 0 Å². The van der Waals surface area contributed by atoms with Crippen molar-refractivity contribution in [2.24, 2.45) is 0 Å². The summed E-state index contributed by atoms with van der Waals surface area (Å²) in [6.07, 6.45) is 4.96. The lowest BCUT2D eigenvalue weighted by Gasteiger charge is -2.12. The van der Waals surface area contributed by atoms with Gasteiger partial charge in [0.15, 0.2) is 5.16 Å². The molecule has 0 fully saturated rings. The van der Waals surface area contributed by atoms with Crippen LogP contribution in [0.25, 0.3) is 10.2 Å². The van der Waals surface area contributed by atoms with Gasteiger partial charge in [0, 0.05) is 21.8 Å². The molecular weight excluding hydrogens is 412 g/mol. The Bertz CT molecular complexity index is 1110. The molecule has 2 aromatic carbocycles. The standard InChI is InChI=1S/C24H22N2S3/c1-3-9-17(10-4-1)15-27-22-21-19-13-7-8-14-20(19)29-23(21)26-24(25-22)28-16-18-11-5-2-6-12-18/h1-6,9-12H,7-8,13-16H2. The van der Waals surface area contributed by atoms with E-state index >= 15 is 0 Å². The molecule has 146 valence electrons. The topological polar surface area (TPSA) is 25.8 Å². The Labute approximate surface area is 184 Å². The lowest BCUT2D eigenvalue weighted by molar-refractivity contribution is 0.699. The summed E-state index contributed by atoms with van der Waals surface area (Å²) in [5.41, 5.74) is 4.17. The molecule has 0 saturated carbocycles. The van der Waals surface area contributed by atoms with Crippen LogP contribution in [0, 0.1) is 0 Å². The van der Waals surface area contributed by atoms with Crippen LogP contribution in [-0.4, -0.2) is 9.97 Å². The average molecular weight is 435 g/mol. The second kappa shape index (κ2) is 8.90. The number of rotatable bonds is 6. The lowest BCUT2D eigenvalue weighted by atomic mass is 9.97. The minimum absolute atomic E-state index is 0.899. The average Bonchev–Trinajstić information content (AvgIpc) is 3.16. The van der Waals surface area contributed by atoms with E-state index in [2.05, 4.69) is 60.7 Å². The van der Waals surface area contributed by atoms with E-state index in [0.717, 1.165) is 21.7 Å². The van der Waals surface area contributed by atoms with Crippen molar-refractivity contribution in [1.82, 2.24) is 9.97 Å². The predicted molar refractivity (Wildman–Crippen MR) is 126 cm³/mol. The first-order valence-electron chi connectivity index (χ1n) is 10.0. The van der Waals surface area contributed by atoms with Gasteiger partial charge in [-0.2, -0.15) is 0 Å². The molecule has 0 saturated heterocycles. The van der Waals surface area contributed by atoms with Gasteiger partial charge in [-0.1, -0.05) is 72.4 Å². The zero-order chi connectivity index (χ0) is 19.5. The summed E-state index contributed by atoms with van der Waals surface area (Å²) in [6, 6.07) is 21.3. The maximum atomic E-state index is 5.03. The number of thioether (sulfide) groups is 2. The number of aromatic nitrogens is 2. The summed E-state index contributed by atoms with van der Waals surface area (Å²) in [5.74, 6) is 1.85. The molecule has 4 aromatic rings. The van der Waals surface area contributed by atoms with Crippen LogP contribution >= 0.6 is 34.9 Å². The van der Waals surface area contributed by atoms with E-state index in [1.165, 1.54) is 57.5 Å². The Kier molecular flexibility index (Phi) is 5.88. The van der Waals surface area contributed by atoms with Crippen LogP contribution in [0.15, 0.2) is 70.8 Å². The zero-order valence-corrected chi connectivity index (χ0v) is 18.6. The van der Waals surface area contributed by atoms with E-state index in [-0.39, 0.29) is 0 Å². The van der Waals surface area contributed by atoms with Crippen LogP contribution in [0.1, 0.15) is 34.4 Å². The third kappa shape index (κ3) is 4.37. The van der Waals surface area contributed by atoms with Crippen LogP contribution in [-0.2, 0) is 24.3 Å². The minimum Gasteiger partial charge on any atom is -0.215 e. The quantitative estimate of drug-likeness (QED) is 0.183. The Balaban J connectivity index is 1.48. The third-order valence-electron chi connectivity index (χ3n) is 5.19. The summed E-state index contributed by atoms with van der Waals surface area (Å²) >= 11 is 5.49. The first-order valence-corrected chi connectivity index (χ1v) is 12.8. The molecule has 0 bridgehead atoms. The van der Waals surface area contributed by atoms with Crippen LogP contribution < -0.4 is 0 Å². The van der Waals surface area contributed by atoms with E-state index in [1.54, 1.807) is 11.8 Å². The van der Waals surface area contributed by atoms with Crippen molar-refractivity contribution in [1.29, 1.82) is 0 Å². The zero-order valence-electron chi connectivity index (χ0n) is 16.1. The second-order valence-electron chi connectivity index (χ2n) is 7.25. The van der Waals surface area contributed by atoms with Crippen LogP contribution in [0.3, 0.4) is 0 Å². The van der Waals surface area contributed by atoms with Crippen molar-refractivity contribution in [2.45, 2.75) is 47.4 Å². The van der Waals surface area contributed by atoms with Gasteiger partial charge in [-0.05, 0) is 42.4 Å². The SMILES string of the molecule is c1ccc(CSc2nc(SCc3ccccc3)c3c4c(sc3n2)CCCC4)cc1. The monoisotopic (exact) mass is 434 g/mol. The van der Waals surface area contributed by atoms with Gasteiger partial charge < -0.3 is 0 Å². The molecule has 2 nitrogen and oxygen atoms in total. The summed E-state index contributed by atoms with van der Waals surface area (Å²) in [5, 5.41) is 3.39. The molecule has 0 atom stereocenters. The van der Waals surface area contributed by atoms with E-state index in [9.17, 15) is 0 Å². The number of hydrogen-bond acceptors (Lipinski definition) is 5. The molecule has 2 aromatic heterocycles. The summed E-state index contributed by atoms with van der Waals surface area (Å²) in [4.78, 5) is 12.7. The highest BCUT2D eigenvalue weighted by molar-refractivity contribution is 7.99. The molecule has 0 radical (unpaired) electrons. The fourth-order valence-electron chi connectivity index (χ4n) is 3.72. The Morgan fingerprint density at radius 2 is 1.41 bits per heavy atom. The first kappa shape index (κ1) is 19.2. The summed E-state index contributed by atoms with van der Waals surface area (Å²) in [7, 11) is 0. The molecule has 5 rings (SSSR count). The number of fused-ring (bicyclic) bond motifs is 3. The largest absolute Gasteiger partial charge is 0.215 e. The smallest absolute Gasteiger partial charge is 0.190 e. The third-order valence-corrected chi connectivity index (χ3v) is 8.34. The molecule has 5 heteroatoms. The van der Waals surface area contributed by atoms with E-state index in [0.29, 0.717) is 0 Å². The van der Waals surface area contributed by atoms with Gasteiger partial charge in [-0.25, -0.2) is 9.97 Å². The van der Waals surface area contributed by atoms with Crippen molar-refractivity contribution in [3.63, 3.8) is 0 Å². The highest BCUT2D eigenvalue weighted by Crippen LogP contribution is 2.41. The predicted octanol–water partition coefficient (Wildman–Crippen LogP) is 7.15. The Morgan fingerprint density at radius 1 is 0.759 bits per heavy atom. The summed E-state index contributed by atoms with van der Waals surface area (Å²) < 4.78 is 0. The molecule has 0 N–H and O–H groups in total. The van der Waals surface area contributed by atoms with Crippen LogP contribution in [0.2, 0.25) is 0 Å². The van der Waals surface area contributed by atoms with Gasteiger partial charge >= 0.3 is 0 Å². The molecule has 1 aliphatic carbocycles. The number of aryl methyl sites for hydroxylation is 2. The van der Waals surface area contributed by atoms with Crippen LogP contribution in [0.4, 0.5) is 0 Å². The molecule has 2 heterocycles. The molecule has 29 heavy (non-hydrogen) atoms. The summed E-state index contributed by atoms with van der Waals surface area (Å²) in [6.45, 7) is 0. The van der Waals surface area contributed by atoms with Gasteiger partial charge in [-0.15, -0.1) is 23.1 Å². The number of benzene rings is 2. The molecule has 0 unspecified atom stereocenters. The maximum Gasteiger partial charge on any atom is 0.190 e. The van der Waals surface area contributed by atoms with Crippen molar-refractivity contribution in [3.8, 4) is 0 Å². The Hall–Kier alpha value is -1.82. The molecule has 0 aliphatic heterocycles. The highest BCUT2D eigenvalue weighted by Gasteiger charge is 2.21. The molecular formula is C24H22N2S3. The van der Waals surface area contributed by atoms with Crippen molar-refractivity contribution < 1.29 is 0 Å². The highest BCUT2D eigenvalue weighted by atomic mass is 32.2. The fourth-order valence-corrected chi connectivity index (χ4v) is 6.97. The van der Waals surface area contributed by atoms with Crippen LogP contribution in [0.5, 0.6) is 0 Å². The van der Waals surface area contributed by atoms with Gasteiger partial charge in [0.25, 0.3) is 0 Å². The van der Waals surface area contributed by atoms with E-state index in [1.807, 2.05) is 23.1 Å². The van der Waals surface area contributed by atoms with Crippen molar-refractivity contribution in [2.75, 3.05) is 0 Å². The first-order chi connectivity index (χ1) is 14.4. The van der Waals surface area contributed by atoms with E-state index in [4.69, 9.17) is 9.97 Å². The lowest BCUT2D eigenvalue weighted by Crippen LogP contribution is -1.99. The number of nitrogens with zero attached hydrogens (tertiary/aromatic N) is 2.